The van der Waals surface area contributed by atoms with E-state index in [-0.39, 0.29) is 0 Å². The third-order valence-electron chi connectivity index (χ3n) is 1.83. The summed E-state index contributed by atoms with van der Waals surface area (Å²) in [4.78, 5) is 5.32. The topological polar surface area (TPSA) is 12.4 Å². The molecule has 12 heavy (non-hydrogen) atoms. The summed E-state index contributed by atoms with van der Waals surface area (Å²) >= 11 is 10.5. The van der Waals surface area contributed by atoms with Gasteiger partial charge in [-0.2, -0.15) is 0 Å². The molecule has 1 aromatic rings. The van der Waals surface area contributed by atoms with Crippen LogP contribution in [0.25, 0.3) is 0 Å². The molecule has 0 atom stereocenters. The van der Waals surface area contributed by atoms with Crippen LogP contribution in [0.15, 0.2) is 28.1 Å². The van der Waals surface area contributed by atoms with Crippen molar-refractivity contribution >= 4 is 40.8 Å². The van der Waals surface area contributed by atoms with Gasteiger partial charge in [-0.05, 0) is 48.1 Å². The largest absolute Gasteiger partial charge is 0.248 e. The highest BCUT2D eigenvalue weighted by Crippen LogP contribution is 2.32. The lowest BCUT2D eigenvalue weighted by atomic mass is 10.2. The molecule has 0 bridgehead atoms. The minimum atomic E-state index is -1.55. The molecule has 2 rings (SSSR count). The average Bonchev–Trinajstić information content (AvgIpc) is 2.30. The van der Waals surface area contributed by atoms with Crippen molar-refractivity contribution in [1.82, 2.24) is 0 Å². The maximum Gasteiger partial charge on any atom is 0.0811 e. The van der Waals surface area contributed by atoms with Crippen molar-refractivity contribution in [2.75, 3.05) is 0 Å². The molecular formula is C8H7NS3. The SMILES string of the molecule is Cc1cccc2c1N=CS2(=S)=S. The molecule has 1 aliphatic heterocycles. The van der Waals surface area contributed by atoms with Gasteiger partial charge in [-0.1, -0.05) is 12.1 Å². The molecule has 0 aliphatic carbocycles. The summed E-state index contributed by atoms with van der Waals surface area (Å²) in [6.07, 6.45) is 0. The maximum absolute atomic E-state index is 5.27. The van der Waals surface area contributed by atoms with Gasteiger partial charge in [-0.3, -0.25) is 0 Å². The van der Waals surface area contributed by atoms with Crippen molar-refractivity contribution in [3.8, 4) is 0 Å². The number of hydrogen-bond acceptors (Lipinski definition) is 3. The third kappa shape index (κ3) is 1.11. The molecule has 0 saturated carbocycles. The standard InChI is InChI=1S/C8H7NS3/c1-6-3-2-4-7-8(6)9-5-12(7,10)11/h2-5H,1H3. The Morgan fingerprint density at radius 1 is 1.33 bits per heavy atom. The number of aryl methyl sites for hydroxylation is 1. The molecule has 1 aromatic carbocycles. The molecule has 0 unspecified atom stereocenters. The Bertz CT molecular complexity index is 457. The van der Waals surface area contributed by atoms with Crippen LogP contribution in [0, 0.1) is 6.92 Å². The molecule has 0 N–H and O–H groups in total. The predicted molar refractivity (Wildman–Crippen MR) is 59.7 cm³/mol. The number of aliphatic imine (C=N–C) groups is 1. The van der Waals surface area contributed by atoms with Gasteiger partial charge in [-0.25, -0.2) is 4.99 Å². The zero-order valence-corrected chi connectivity index (χ0v) is 8.93. The summed E-state index contributed by atoms with van der Waals surface area (Å²) in [5.74, 6) is 0. The van der Waals surface area contributed by atoms with E-state index in [2.05, 4.69) is 4.99 Å². The average molecular weight is 213 g/mol. The van der Waals surface area contributed by atoms with Crippen molar-refractivity contribution in [1.29, 1.82) is 0 Å². The highest BCUT2D eigenvalue weighted by molar-refractivity contribution is 8.62. The summed E-state index contributed by atoms with van der Waals surface area (Å²) < 4.78 is 0. The lowest BCUT2D eigenvalue weighted by Gasteiger charge is -2.01. The molecule has 62 valence electrons. The van der Waals surface area contributed by atoms with E-state index >= 15 is 0 Å². The number of hydrogen-bond donors (Lipinski definition) is 0. The summed E-state index contributed by atoms with van der Waals surface area (Å²) in [5, 5.41) is 0. The van der Waals surface area contributed by atoms with E-state index in [9.17, 15) is 0 Å². The molecule has 1 aliphatic rings. The molecule has 0 fully saturated rings. The third-order valence-corrected chi connectivity index (χ3v) is 4.75. The van der Waals surface area contributed by atoms with E-state index in [1.807, 2.05) is 25.1 Å². The van der Waals surface area contributed by atoms with Gasteiger partial charge in [0.2, 0.25) is 0 Å². The smallest absolute Gasteiger partial charge is 0.0811 e. The summed E-state index contributed by atoms with van der Waals surface area (Å²) in [5.41, 5.74) is 3.90. The Labute approximate surface area is 81.3 Å². The van der Waals surface area contributed by atoms with Gasteiger partial charge >= 0.3 is 0 Å². The van der Waals surface area contributed by atoms with Crippen LogP contribution < -0.4 is 0 Å². The van der Waals surface area contributed by atoms with E-state index in [0.29, 0.717) is 0 Å². The van der Waals surface area contributed by atoms with Crippen LogP contribution in [-0.2, 0) is 29.5 Å². The van der Waals surface area contributed by atoms with E-state index in [4.69, 9.17) is 22.4 Å². The fraction of sp³-hybridized carbons (Fsp3) is 0.125. The summed E-state index contributed by atoms with van der Waals surface area (Å²) in [6, 6.07) is 6.01. The van der Waals surface area contributed by atoms with Gasteiger partial charge in [0.25, 0.3) is 0 Å². The first-order valence-corrected chi connectivity index (χ1v) is 7.05. The lowest BCUT2D eigenvalue weighted by Crippen LogP contribution is -1.91. The molecule has 0 radical (unpaired) electrons. The first-order chi connectivity index (χ1) is 5.61. The zero-order valence-electron chi connectivity index (χ0n) is 6.48. The summed E-state index contributed by atoms with van der Waals surface area (Å²) in [7, 11) is -1.55. The Morgan fingerprint density at radius 2 is 2.08 bits per heavy atom. The molecule has 0 aromatic heterocycles. The minimum Gasteiger partial charge on any atom is -0.248 e. The molecule has 1 nitrogen and oxygen atoms in total. The van der Waals surface area contributed by atoms with Gasteiger partial charge in [0.05, 0.1) is 11.2 Å². The molecular weight excluding hydrogens is 206 g/mol. The van der Waals surface area contributed by atoms with Gasteiger partial charge in [0.15, 0.2) is 0 Å². The second-order valence-electron chi connectivity index (χ2n) is 2.70. The summed E-state index contributed by atoms with van der Waals surface area (Å²) in [6.45, 7) is 2.03. The van der Waals surface area contributed by atoms with Crippen LogP contribution in [0.3, 0.4) is 0 Å². The lowest BCUT2D eigenvalue weighted by molar-refractivity contribution is 1.32. The van der Waals surface area contributed by atoms with Crippen LogP contribution in [-0.4, -0.2) is 5.55 Å². The van der Waals surface area contributed by atoms with Crippen LogP contribution in [0.5, 0.6) is 0 Å². The zero-order chi connectivity index (χ0) is 8.77. The van der Waals surface area contributed by atoms with Gasteiger partial charge in [0.1, 0.15) is 0 Å². The Hall–Kier alpha value is -0.320. The molecule has 0 saturated heterocycles. The fourth-order valence-corrected chi connectivity index (χ4v) is 3.38. The van der Waals surface area contributed by atoms with Crippen molar-refractivity contribution in [3.63, 3.8) is 0 Å². The molecule has 4 heteroatoms. The van der Waals surface area contributed by atoms with Crippen molar-refractivity contribution in [2.24, 2.45) is 4.99 Å². The van der Waals surface area contributed by atoms with Gasteiger partial charge in [-0.15, -0.1) is 0 Å². The number of para-hydroxylation sites is 1. The Balaban J connectivity index is 2.86. The first-order valence-electron chi connectivity index (χ1n) is 3.50. The minimum absolute atomic E-state index is 0.998. The Morgan fingerprint density at radius 3 is 2.75 bits per heavy atom. The number of fused-ring (bicyclic) bond motifs is 1. The quantitative estimate of drug-likeness (QED) is 0.654. The Kier molecular flexibility index (Phi) is 1.78. The first kappa shape index (κ1) is 8.29. The van der Waals surface area contributed by atoms with Crippen molar-refractivity contribution < 1.29 is 0 Å². The van der Waals surface area contributed by atoms with E-state index in [1.54, 1.807) is 5.55 Å². The van der Waals surface area contributed by atoms with E-state index in [1.165, 1.54) is 0 Å². The number of nitrogens with zero attached hydrogens (tertiary/aromatic N) is 1. The van der Waals surface area contributed by atoms with E-state index < -0.39 is 7.15 Å². The second-order valence-corrected chi connectivity index (χ2v) is 8.23. The monoisotopic (exact) mass is 213 g/mol. The normalized spacial score (nSPS) is 17.8. The molecule has 0 amide bonds. The van der Waals surface area contributed by atoms with Crippen LogP contribution in [0.1, 0.15) is 5.56 Å². The van der Waals surface area contributed by atoms with Crippen molar-refractivity contribution in [2.45, 2.75) is 11.8 Å². The van der Waals surface area contributed by atoms with Crippen LogP contribution in [0.2, 0.25) is 0 Å². The highest BCUT2D eigenvalue weighted by Gasteiger charge is 2.16. The highest BCUT2D eigenvalue weighted by atomic mass is 33.1. The van der Waals surface area contributed by atoms with Crippen LogP contribution in [0.4, 0.5) is 5.69 Å². The van der Waals surface area contributed by atoms with Crippen molar-refractivity contribution in [3.05, 3.63) is 23.8 Å². The fourth-order valence-electron chi connectivity index (χ4n) is 1.21. The number of rotatable bonds is 0. The maximum atomic E-state index is 5.27. The molecule has 0 spiro atoms. The van der Waals surface area contributed by atoms with Gasteiger partial charge in [0, 0.05) is 4.90 Å². The molecule has 1 heterocycles. The van der Waals surface area contributed by atoms with E-state index in [0.717, 1.165) is 16.1 Å². The second kappa shape index (κ2) is 2.58. The number of benzene rings is 1. The van der Waals surface area contributed by atoms with Crippen LogP contribution >= 0.6 is 0 Å². The predicted octanol–water partition coefficient (Wildman–Crippen LogP) is 2.11. The van der Waals surface area contributed by atoms with Gasteiger partial charge < -0.3 is 0 Å².